The van der Waals surface area contributed by atoms with Crippen LogP contribution < -0.4 is 0 Å². The normalized spacial score (nSPS) is 20.8. The van der Waals surface area contributed by atoms with E-state index >= 15 is 0 Å². The first kappa shape index (κ1) is 19.1. The van der Waals surface area contributed by atoms with Gasteiger partial charge in [0, 0.05) is 51.9 Å². The lowest BCUT2D eigenvalue weighted by Crippen LogP contribution is -2.51. The Labute approximate surface area is 154 Å². The number of benzene rings is 1. The van der Waals surface area contributed by atoms with E-state index in [0.29, 0.717) is 19.7 Å². The summed E-state index contributed by atoms with van der Waals surface area (Å²) in [5.41, 5.74) is 1.13. The zero-order valence-electron chi connectivity index (χ0n) is 15.4. The monoisotopic (exact) mass is 365 g/mol. The third-order valence-corrected chi connectivity index (χ3v) is 5.07. The Hall–Kier alpha value is -1.70. The molecule has 6 nitrogen and oxygen atoms in total. The van der Waals surface area contributed by atoms with Gasteiger partial charge in [-0.3, -0.25) is 9.80 Å². The van der Waals surface area contributed by atoms with Crippen molar-refractivity contribution >= 4 is 6.09 Å². The minimum Gasteiger partial charge on any atom is -0.450 e. The molecule has 1 atom stereocenters. The maximum Gasteiger partial charge on any atom is 0.409 e. The van der Waals surface area contributed by atoms with Crippen LogP contribution >= 0.6 is 0 Å². The van der Waals surface area contributed by atoms with Gasteiger partial charge in [-0.2, -0.15) is 0 Å². The van der Waals surface area contributed by atoms with Gasteiger partial charge < -0.3 is 14.4 Å². The van der Waals surface area contributed by atoms with Gasteiger partial charge >= 0.3 is 6.09 Å². The third kappa shape index (κ3) is 4.93. The van der Waals surface area contributed by atoms with Crippen molar-refractivity contribution in [1.82, 2.24) is 14.7 Å². The van der Waals surface area contributed by atoms with Crippen molar-refractivity contribution in [3.05, 3.63) is 35.6 Å². The van der Waals surface area contributed by atoms with E-state index in [1.165, 1.54) is 12.1 Å². The zero-order valence-corrected chi connectivity index (χ0v) is 15.4. The quantitative estimate of drug-likeness (QED) is 0.798. The molecule has 2 aliphatic rings. The van der Waals surface area contributed by atoms with Gasteiger partial charge in [-0.15, -0.1) is 0 Å². The molecular formula is C19H28FN3O3. The molecule has 7 heteroatoms. The van der Waals surface area contributed by atoms with E-state index in [0.717, 1.165) is 51.5 Å². The zero-order chi connectivity index (χ0) is 18.4. The molecule has 0 spiro atoms. The summed E-state index contributed by atoms with van der Waals surface area (Å²) in [4.78, 5) is 18.4. The van der Waals surface area contributed by atoms with Gasteiger partial charge in [-0.1, -0.05) is 12.1 Å². The van der Waals surface area contributed by atoms with Crippen molar-refractivity contribution in [2.45, 2.75) is 13.0 Å². The van der Waals surface area contributed by atoms with Crippen LogP contribution in [0.1, 0.15) is 18.5 Å². The SMILES string of the molecule is CCOC(=O)N1CCN(C[C@@H](c2ccc(F)cc2)N2CCOCC2)CC1. The second kappa shape index (κ2) is 9.30. The summed E-state index contributed by atoms with van der Waals surface area (Å²) < 4.78 is 23.9. The van der Waals surface area contributed by atoms with E-state index in [1.54, 1.807) is 4.90 Å². The molecule has 3 rings (SSSR count). The first-order chi connectivity index (χ1) is 12.7. The van der Waals surface area contributed by atoms with Crippen LogP contribution in [0, 0.1) is 5.82 Å². The molecule has 0 bridgehead atoms. The van der Waals surface area contributed by atoms with Crippen LogP contribution in [0.15, 0.2) is 24.3 Å². The fourth-order valence-corrected chi connectivity index (χ4v) is 3.58. The summed E-state index contributed by atoms with van der Waals surface area (Å²) in [5, 5.41) is 0. The topological polar surface area (TPSA) is 45.2 Å². The highest BCUT2D eigenvalue weighted by Crippen LogP contribution is 2.24. The van der Waals surface area contributed by atoms with Crippen molar-refractivity contribution in [2.24, 2.45) is 0 Å². The molecule has 0 radical (unpaired) electrons. The molecular weight excluding hydrogens is 337 g/mol. The Morgan fingerprint density at radius 1 is 1.12 bits per heavy atom. The van der Waals surface area contributed by atoms with Gasteiger partial charge in [0.1, 0.15) is 5.82 Å². The maximum atomic E-state index is 13.3. The van der Waals surface area contributed by atoms with Crippen LogP contribution in [0.25, 0.3) is 0 Å². The molecule has 2 aliphatic heterocycles. The Bertz CT molecular complexity index is 570. The number of nitrogens with zero attached hydrogens (tertiary/aromatic N) is 3. The molecule has 0 N–H and O–H groups in total. The highest BCUT2D eigenvalue weighted by Gasteiger charge is 2.28. The molecule has 0 aromatic heterocycles. The van der Waals surface area contributed by atoms with Crippen LogP contribution in [-0.4, -0.2) is 86.4 Å². The fraction of sp³-hybridized carbons (Fsp3) is 0.632. The van der Waals surface area contributed by atoms with Crippen molar-refractivity contribution in [1.29, 1.82) is 0 Å². The number of rotatable bonds is 5. The van der Waals surface area contributed by atoms with Crippen molar-refractivity contribution in [3.63, 3.8) is 0 Å². The lowest BCUT2D eigenvalue weighted by atomic mass is 10.0. The van der Waals surface area contributed by atoms with E-state index in [2.05, 4.69) is 9.80 Å². The Kier molecular flexibility index (Phi) is 6.82. The maximum absolute atomic E-state index is 13.3. The minimum absolute atomic E-state index is 0.202. The minimum atomic E-state index is -0.226. The molecule has 0 aliphatic carbocycles. The Morgan fingerprint density at radius 3 is 2.38 bits per heavy atom. The molecule has 1 aromatic carbocycles. The average molecular weight is 365 g/mol. The summed E-state index contributed by atoms with van der Waals surface area (Å²) in [7, 11) is 0. The van der Waals surface area contributed by atoms with Crippen LogP contribution in [0.4, 0.5) is 9.18 Å². The van der Waals surface area contributed by atoms with E-state index < -0.39 is 0 Å². The number of carbonyl (C=O) groups excluding carboxylic acids is 1. The molecule has 26 heavy (non-hydrogen) atoms. The lowest BCUT2D eigenvalue weighted by molar-refractivity contribution is 0.00288. The molecule has 1 amide bonds. The summed E-state index contributed by atoms with van der Waals surface area (Å²) in [6.07, 6.45) is -0.226. The van der Waals surface area contributed by atoms with Crippen LogP contribution in [0.3, 0.4) is 0 Å². The number of hydrogen-bond acceptors (Lipinski definition) is 5. The summed E-state index contributed by atoms with van der Waals surface area (Å²) >= 11 is 0. The number of hydrogen-bond donors (Lipinski definition) is 0. The van der Waals surface area contributed by atoms with Crippen molar-refractivity contribution in [3.8, 4) is 0 Å². The highest BCUT2D eigenvalue weighted by molar-refractivity contribution is 5.67. The molecule has 2 heterocycles. The summed E-state index contributed by atoms with van der Waals surface area (Å²) in [6.45, 7) is 9.31. The standard InChI is InChI=1S/C19H28FN3O3/c1-2-26-19(24)23-9-7-21(8-10-23)15-18(22-11-13-25-14-12-22)16-3-5-17(20)6-4-16/h3-6,18H,2,7-15H2,1H3/t18-/m0/s1. The largest absolute Gasteiger partial charge is 0.450 e. The fourth-order valence-electron chi connectivity index (χ4n) is 3.58. The molecule has 1 aromatic rings. The molecule has 2 fully saturated rings. The smallest absolute Gasteiger partial charge is 0.409 e. The number of carbonyl (C=O) groups is 1. The van der Waals surface area contributed by atoms with Gasteiger partial charge in [0.2, 0.25) is 0 Å². The summed E-state index contributed by atoms with van der Waals surface area (Å²) in [6, 6.07) is 7.02. The molecule has 2 saturated heterocycles. The first-order valence-corrected chi connectivity index (χ1v) is 9.38. The Morgan fingerprint density at radius 2 is 1.77 bits per heavy atom. The predicted molar refractivity (Wildman–Crippen MR) is 96.6 cm³/mol. The first-order valence-electron chi connectivity index (χ1n) is 9.38. The van der Waals surface area contributed by atoms with Gasteiger partial charge in [0.05, 0.1) is 19.8 Å². The van der Waals surface area contributed by atoms with Crippen LogP contribution in [-0.2, 0) is 9.47 Å². The second-order valence-corrected chi connectivity index (χ2v) is 6.70. The third-order valence-electron chi connectivity index (χ3n) is 5.07. The highest BCUT2D eigenvalue weighted by atomic mass is 19.1. The van der Waals surface area contributed by atoms with Crippen LogP contribution in [0.2, 0.25) is 0 Å². The van der Waals surface area contributed by atoms with Crippen molar-refractivity contribution < 1.29 is 18.7 Å². The molecule has 0 saturated carbocycles. The predicted octanol–water partition coefficient (Wildman–Crippen LogP) is 1.97. The average Bonchev–Trinajstić information content (AvgIpc) is 2.68. The van der Waals surface area contributed by atoms with Gasteiger partial charge in [0.15, 0.2) is 0 Å². The second-order valence-electron chi connectivity index (χ2n) is 6.70. The van der Waals surface area contributed by atoms with Gasteiger partial charge in [-0.25, -0.2) is 9.18 Å². The van der Waals surface area contributed by atoms with E-state index in [1.807, 2.05) is 19.1 Å². The number of piperazine rings is 1. The number of morpholine rings is 1. The van der Waals surface area contributed by atoms with Gasteiger partial charge in [-0.05, 0) is 24.6 Å². The molecule has 0 unspecified atom stereocenters. The summed E-state index contributed by atoms with van der Waals surface area (Å²) in [5.74, 6) is -0.211. The molecule has 144 valence electrons. The number of halogens is 1. The Balaban J connectivity index is 1.63. The number of ether oxygens (including phenoxy) is 2. The lowest BCUT2D eigenvalue weighted by Gasteiger charge is -2.40. The van der Waals surface area contributed by atoms with Crippen LogP contribution in [0.5, 0.6) is 0 Å². The van der Waals surface area contributed by atoms with E-state index in [4.69, 9.17) is 9.47 Å². The van der Waals surface area contributed by atoms with E-state index in [-0.39, 0.29) is 18.0 Å². The van der Waals surface area contributed by atoms with Gasteiger partial charge in [0.25, 0.3) is 0 Å². The van der Waals surface area contributed by atoms with Crippen molar-refractivity contribution in [2.75, 3.05) is 65.6 Å². The number of amides is 1. The van der Waals surface area contributed by atoms with E-state index in [9.17, 15) is 9.18 Å².